The highest BCUT2D eigenvalue weighted by Crippen LogP contribution is 2.72. The molecule has 0 heterocycles. The summed E-state index contributed by atoms with van der Waals surface area (Å²) in [7, 11) is 0. The molecule has 0 saturated heterocycles. The Bertz CT molecular complexity index is 558. The lowest BCUT2D eigenvalue weighted by molar-refractivity contribution is -0.130. The van der Waals surface area contributed by atoms with Crippen LogP contribution in [0.15, 0.2) is 0 Å². The van der Waals surface area contributed by atoms with Gasteiger partial charge in [0.15, 0.2) is 0 Å². The zero-order valence-electron chi connectivity index (χ0n) is 15.5. The van der Waals surface area contributed by atoms with Crippen molar-refractivity contribution in [1.82, 2.24) is 0 Å². The predicted octanol–water partition coefficient (Wildman–Crippen LogP) is 4.60. The standard InChI is InChI=1S/C22H34O2/c1-20-9-7-17-15(16(20)5-3-14(20)8-12-23)4-6-18-19-13-22(19,24)11-10-21(17,18)2/h12,14-19,24H,3-11,13H2,1-2H3/t14-,15+,16+,17+,18-,19?,20-,21-,22+/m1/s1. The first kappa shape index (κ1) is 15.9. The largest absolute Gasteiger partial charge is 0.390 e. The Morgan fingerprint density at radius 3 is 2.42 bits per heavy atom. The lowest BCUT2D eigenvalue weighted by Crippen LogP contribution is -2.54. The van der Waals surface area contributed by atoms with Gasteiger partial charge in [-0.05, 0) is 104 Å². The van der Waals surface area contributed by atoms with Gasteiger partial charge in [-0.25, -0.2) is 0 Å². The maximum atomic E-state index is 11.1. The monoisotopic (exact) mass is 330 g/mol. The van der Waals surface area contributed by atoms with Gasteiger partial charge in [0.1, 0.15) is 6.29 Å². The van der Waals surface area contributed by atoms with Gasteiger partial charge < -0.3 is 9.90 Å². The minimum atomic E-state index is -0.261. The smallest absolute Gasteiger partial charge is 0.120 e. The van der Waals surface area contributed by atoms with Gasteiger partial charge in [-0.3, -0.25) is 0 Å². The molecule has 5 aliphatic rings. The van der Waals surface area contributed by atoms with E-state index in [1.54, 1.807) is 0 Å². The van der Waals surface area contributed by atoms with Gasteiger partial charge in [0.2, 0.25) is 0 Å². The normalized spacial score (nSPS) is 61.3. The van der Waals surface area contributed by atoms with Crippen LogP contribution in [0, 0.1) is 46.3 Å². The lowest BCUT2D eigenvalue weighted by Gasteiger charge is -2.61. The molecule has 0 aromatic rings. The molecule has 2 nitrogen and oxygen atoms in total. The van der Waals surface area contributed by atoms with Crippen LogP contribution in [0.5, 0.6) is 0 Å². The number of hydrogen-bond donors (Lipinski definition) is 1. The van der Waals surface area contributed by atoms with E-state index in [0.29, 0.717) is 22.7 Å². The molecule has 1 unspecified atom stereocenters. The highest BCUT2D eigenvalue weighted by atomic mass is 16.3. The fourth-order valence-corrected chi connectivity index (χ4v) is 8.74. The third kappa shape index (κ3) is 1.85. The Morgan fingerprint density at radius 1 is 0.875 bits per heavy atom. The Balaban J connectivity index is 1.43. The van der Waals surface area contributed by atoms with Crippen molar-refractivity contribution in [2.75, 3.05) is 0 Å². The predicted molar refractivity (Wildman–Crippen MR) is 94.3 cm³/mol. The molecule has 0 aromatic carbocycles. The number of aliphatic hydroxyl groups is 1. The molecule has 5 fully saturated rings. The Morgan fingerprint density at radius 2 is 1.62 bits per heavy atom. The van der Waals surface area contributed by atoms with Crippen molar-refractivity contribution in [3.63, 3.8) is 0 Å². The SMILES string of the molecule is C[C@]12CC[C@]3(O)CC3[C@H]1CC[C@@H]1[C@@H]2CC[C@]2(C)[C@@H](CC=O)CC[C@@H]12. The summed E-state index contributed by atoms with van der Waals surface area (Å²) in [6.07, 6.45) is 13.5. The number of fused-ring (bicyclic) bond motifs is 7. The molecule has 0 aromatic heterocycles. The molecule has 0 aliphatic heterocycles. The van der Waals surface area contributed by atoms with Crippen LogP contribution in [0.25, 0.3) is 0 Å². The summed E-state index contributed by atoms with van der Waals surface area (Å²) >= 11 is 0. The van der Waals surface area contributed by atoms with Gasteiger partial charge in [-0.15, -0.1) is 0 Å². The van der Waals surface area contributed by atoms with E-state index < -0.39 is 0 Å². The Labute approximate surface area is 146 Å². The quantitative estimate of drug-likeness (QED) is 0.752. The molecule has 5 rings (SSSR count). The fraction of sp³-hybridized carbons (Fsp3) is 0.955. The topological polar surface area (TPSA) is 37.3 Å². The number of rotatable bonds is 2. The molecular weight excluding hydrogens is 296 g/mol. The van der Waals surface area contributed by atoms with Crippen molar-refractivity contribution >= 4 is 6.29 Å². The average molecular weight is 331 g/mol. The van der Waals surface area contributed by atoms with E-state index in [1.165, 1.54) is 51.2 Å². The second kappa shape index (κ2) is 4.87. The van der Waals surface area contributed by atoms with Crippen LogP contribution in [-0.4, -0.2) is 17.0 Å². The number of aldehydes is 1. The van der Waals surface area contributed by atoms with Crippen LogP contribution < -0.4 is 0 Å². The highest BCUT2D eigenvalue weighted by Gasteiger charge is 2.68. The number of carbonyl (C=O) groups excluding carboxylic acids is 1. The minimum absolute atomic E-state index is 0.261. The average Bonchev–Trinajstić information content (AvgIpc) is 3.13. The second-order valence-corrected chi connectivity index (χ2v) is 10.7. The maximum Gasteiger partial charge on any atom is 0.120 e. The molecule has 0 bridgehead atoms. The zero-order valence-corrected chi connectivity index (χ0v) is 15.5. The molecule has 24 heavy (non-hydrogen) atoms. The second-order valence-electron chi connectivity index (χ2n) is 10.7. The molecule has 0 radical (unpaired) electrons. The molecule has 1 N–H and O–H groups in total. The first-order chi connectivity index (χ1) is 11.4. The number of carbonyl (C=O) groups is 1. The van der Waals surface area contributed by atoms with Crippen molar-refractivity contribution < 1.29 is 9.90 Å². The van der Waals surface area contributed by atoms with E-state index in [9.17, 15) is 9.90 Å². The third-order valence-electron chi connectivity index (χ3n) is 10.2. The van der Waals surface area contributed by atoms with Gasteiger partial charge in [0, 0.05) is 6.42 Å². The summed E-state index contributed by atoms with van der Waals surface area (Å²) in [5.74, 6) is 4.69. The summed E-state index contributed by atoms with van der Waals surface area (Å²) in [5.41, 5.74) is 0.656. The number of hydrogen-bond acceptors (Lipinski definition) is 2. The van der Waals surface area contributed by atoms with Crippen molar-refractivity contribution in [1.29, 1.82) is 0 Å². The summed E-state index contributed by atoms with van der Waals surface area (Å²) in [6, 6.07) is 0. The van der Waals surface area contributed by atoms with Crippen molar-refractivity contribution in [3.05, 3.63) is 0 Å². The summed E-state index contributed by atoms with van der Waals surface area (Å²) in [5, 5.41) is 10.6. The van der Waals surface area contributed by atoms with Crippen LogP contribution in [0.3, 0.4) is 0 Å². The first-order valence-electron chi connectivity index (χ1n) is 10.6. The van der Waals surface area contributed by atoms with E-state index in [-0.39, 0.29) is 5.60 Å². The summed E-state index contributed by atoms with van der Waals surface area (Å²) < 4.78 is 0. The van der Waals surface area contributed by atoms with Gasteiger partial charge >= 0.3 is 0 Å². The van der Waals surface area contributed by atoms with Crippen LogP contribution in [0.4, 0.5) is 0 Å². The Kier molecular flexibility index (Phi) is 3.22. The van der Waals surface area contributed by atoms with Crippen molar-refractivity contribution in [2.45, 2.75) is 83.7 Å². The van der Waals surface area contributed by atoms with Crippen LogP contribution >= 0.6 is 0 Å². The van der Waals surface area contributed by atoms with Crippen molar-refractivity contribution in [2.24, 2.45) is 46.3 Å². The Hall–Kier alpha value is -0.370. The molecule has 5 aliphatic carbocycles. The molecular formula is C22H34O2. The van der Waals surface area contributed by atoms with Gasteiger partial charge in [0.05, 0.1) is 5.60 Å². The van der Waals surface area contributed by atoms with E-state index in [1.807, 2.05) is 0 Å². The zero-order chi connectivity index (χ0) is 16.7. The van der Waals surface area contributed by atoms with Gasteiger partial charge in [-0.2, -0.15) is 0 Å². The van der Waals surface area contributed by atoms with E-state index in [4.69, 9.17) is 0 Å². The fourth-order valence-electron chi connectivity index (χ4n) is 8.74. The molecule has 0 spiro atoms. The van der Waals surface area contributed by atoms with Crippen molar-refractivity contribution in [3.8, 4) is 0 Å². The van der Waals surface area contributed by atoms with Crippen LogP contribution in [0.1, 0.15) is 78.1 Å². The van der Waals surface area contributed by atoms with Crippen LogP contribution in [0.2, 0.25) is 0 Å². The lowest BCUT2D eigenvalue weighted by atomic mass is 9.44. The molecule has 2 heteroatoms. The molecule has 0 amide bonds. The molecule has 134 valence electrons. The molecule has 9 atom stereocenters. The summed E-state index contributed by atoms with van der Waals surface area (Å²) in [6.45, 7) is 5.11. The minimum Gasteiger partial charge on any atom is -0.390 e. The highest BCUT2D eigenvalue weighted by molar-refractivity contribution is 5.50. The maximum absolute atomic E-state index is 11.1. The van der Waals surface area contributed by atoms with Gasteiger partial charge in [0.25, 0.3) is 0 Å². The van der Waals surface area contributed by atoms with E-state index >= 15 is 0 Å². The van der Waals surface area contributed by atoms with Crippen LogP contribution in [-0.2, 0) is 4.79 Å². The van der Waals surface area contributed by atoms with E-state index in [0.717, 1.165) is 42.9 Å². The molecule has 5 saturated carbocycles. The summed E-state index contributed by atoms with van der Waals surface area (Å²) in [4.78, 5) is 11.1. The van der Waals surface area contributed by atoms with Gasteiger partial charge in [-0.1, -0.05) is 13.8 Å². The third-order valence-corrected chi connectivity index (χ3v) is 10.2. The van der Waals surface area contributed by atoms with E-state index in [2.05, 4.69) is 13.8 Å². The first-order valence-corrected chi connectivity index (χ1v) is 10.6.